The molecule has 0 bridgehead atoms. The summed E-state index contributed by atoms with van der Waals surface area (Å²) in [6.45, 7) is 9.16. The molecule has 2 nitrogen and oxygen atoms in total. The van der Waals surface area contributed by atoms with E-state index in [0.29, 0.717) is 5.41 Å². The minimum atomic E-state index is -0.0423. The van der Waals surface area contributed by atoms with Gasteiger partial charge in [-0.3, -0.25) is 0 Å². The predicted octanol–water partition coefficient (Wildman–Crippen LogP) is 3.70. The maximum Gasteiger partial charge on any atom is 0.0102 e. The zero-order valence-corrected chi connectivity index (χ0v) is 13.2. The van der Waals surface area contributed by atoms with Gasteiger partial charge < -0.3 is 11.1 Å². The van der Waals surface area contributed by atoms with Crippen molar-refractivity contribution in [3.8, 4) is 0 Å². The van der Waals surface area contributed by atoms with E-state index in [9.17, 15) is 0 Å². The van der Waals surface area contributed by atoms with Gasteiger partial charge in [0.15, 0.2) is 0 Å². The molecule has 0 spiro atoms. The number of hydrogen-bond acceptors (Lipinski definition) is 2. The number of nitrogens with one attached hydrogen (secondary N) is 1. The maximum absolute atomic E-state index is 6.23. The Labute approximate surface area is 114 Å². The van der Waals surface area contributed by atoms with Crippen LogP contribution in [0.3, 0.4) is 0 Å². The highest BCUT2D eigenvalue weighted by Gasteiger charge is 2.33. The smallest absolute Gasteiger partial charge is 0.0102 e. The summed E-state index contributed by atoms with van der Waals surface area (Å²) >= 11 is 0. The molecule has 0 aromatic rings. The van der Waals surface area contributed by atoms with Gasteiger partial charge in [0.2, 0.25) is 0 Å². The quantitative estimate of drug-likeness (QED) is 0.803. The molecule has 0 atom stereocenters. The Bertz CT molecular complexity index is 230. The van der Waals surface area contributed by atoms with Crippen LogP contribution in [-0.4, -0.2) is 18.6 Å². The van der Waals surface area contributed by atoms with Crippen molar-refractivity contribution in [1.29, 1.82) is 0 Å². The van der Waals surface area contributed by atoms with E-state index in [1.54, 1.807) is 0 Å². The van der Waals surface area contributed by atoms with Crippen molar-refractivity contribution in [2.45, 2.75) is 84.2 Å². The summed E-state index contributed by atoms with van der Waals surface area (Å²) < 4.78 is 0. The lowest BCUT2D eigenvalue weighted by atomic mass is 9.67. The van der Waals surface area contributed by atoms with Gasteiger partial charge in [0.1, 0.15) is 0 Å². The second-order valence-electron chi connectivity index (χ2n) is 7.70. The van der Waals surface area contributed by atoms with Crippen LogP contribution in [0.1, 0.15) is 72.6 Å². The first-order valence-electron chi connectivity index (χ1n) is 7.71. The third kappa shape index (κ3) is 5.27. The second kappa shape index (κ2) is 6.38. The first-order chi connectivity index (χ1) is 8.24. The van der Waals surface area contributed by atoms with Crippen molar-refractivity contribution in [2.24, 2.45) is 17.1 Å². The molecule has 3 N–H and O–H groups in total. The average molecular weight is 254 g/mol. The maximum atomic E-state index is 6.23. The van der Waals surface area contributed by atoms with Gasteiger partial charge in [-0.1, -0.05) is 26.7 Å². The fraction of sp³-hybridized carbons (Fsp3) is 1.00. The zero-order valence-electron chi connectivity index (χ0n) is 13.2. The van der Waals surface area contributed by atoms with E-state index >= 15 is 0 Å². The van der Waals surface area contributed by atoms with Crippen LogP contribution in [0.25, 0.3) is 0 Å². The van der Waals surface area contributed by atoms with Crippen LogP contribution < -0.4 is 11.1 Å². The van der Waals surface area contributed by atoms with Gasteiger partial charge in [-0.15, -0.1) is 0 Å². The molecule has 2 heteroatoms. The molecular weight excluding hydrogens is 220 g/mol. The molecule has 0 aliphatic heterocycles. The van der Waals surface area contributed by atoms with Crippen molar-refractivity contribution in [3.63, 3.8) is 0 Å². The van der Waals surface area contributed by atoms with E-state index in [1.807, 2.05) is 0 Å². The summed E-state index contributed by atoms with van der Waals surface area (Å²) in [5, 5.41) is 3.44. The molecule has 1 rings (SSSR count). The molecule has 0 amide bonds. The van der Waals surface area contributed by atoms with Gasteiger partial charge in [-0.05, 0) is 64.3 Å². The fourth-order valence-corrected chi connectivity index (χ4v) is 3.90. The van der Waals surface area contributed by atoms with E-state index in [0.717, 1.165) is 18.4 Å². The minimum absolute atomic E-state index is 0.0423. The summed E-state index contributed by atoms with van der Waals surface area (Å²) in [4.78, 5) is 0. The molecular formula is C16H34N2. The minimum Gasteiger partial charge on any atom is -0.326 e. The third-order valence-corrected chi connectivity index (χ3v) is 4.63. The molecule has 0 unspecified atom stereocenters. The number of hydrogen-bond donors (Lipinski definition) is 2. The van der Waals surface area contributed by atoms with Crippen molar-refractivity contribution < 1.29 is 0 Å². The Morgan fingerprint density at radius 3 is 1.89 bits per heavy atom. The van der Waals surface area contributed by atoms with Gasteiger partial charge in [0.25, 0.3) is 0 Å². The van der Waals surface area contributed by atoms with Crippen LogP contribution in [-0.2, 0) is 0 Å². The van der Waals surface area contributed by atoms with E-state index in [-0.39, 0.29) is 5.54 Å². The van der Waals surface area contributed by atoms with Crippen molar-refractivity contribution in [1.82, 2.24) is 5.32 Å². The molecule has 1 aliphatic rings. The van der Waals surface area contributed by atoms with E-state index in [1.165, 1.54) is 38.5 Å². The fourth-order valence-electron chi connectivity index (χ4n) is 3.90. The van der Waals surface area contributed by atoms with E-state index in [4.69, 9.17) is 5.73 Å². The summed E-state index contributed by atoms with van der Waals surface area (Å²) in [5.74, 6) is 0.845. The lowest BCUT2D eigenvalue weighted by molar-refractivity contribution is 0.126. The Morgan fingerprint density at radius 1 is 1.00 bits per heavy atom. The number of nitrogens with two attached hydrogens (primary N) is 1. The Hall–Kier alpha value is -0.0800. The zero-order chi connectivity index (χ0) is 13.8. The highest BCUT2D eigenvalue weighted by molar-refractivity contribution is 4.88. The summed E-state index contributed by atoms with van der Waals surface area (Å²) in [6, 6.07) is 0.750. The predicted molar refractivity (Wildman–Crippen MR) is 80.7 cm³/mol. The first-order valence-corrected chi connectivity index (χ1v) is 7.71. The first kappa shape index (κ1) is 16.0. The second-order valence-corrected chi connectivity index (χ2v) is 7.70. The lowest BCUT2D eigenvalue weighted by Gasteiger charge is -2.40. The van der Waals surface area contributed by atoms with Crippen LogP contribution in [0.15, 0.2) is 0 Å². The highest BCUT2D eigenvalue weighted by atomic mass is 14.9. The van der Waals surface area contributed by atoms with Crippen LogP contribution in [0.5, 0.6) is 0 Å². The molecule has 18 heavy (non-hydrogen) atoms. The average Bonchev–Trinajstić information content (AvgIpc) is 2.12. The summed E-state index contributed by atoms with van der Waals surface area (Å²) in [5.41, 5.74) is 6.57. The van der Waals surface area contributed by atoms with Gasteiger partial charge in [0, 0.05) is 11.6 Å². The topological polar surface area (TPSA) is 38.0 Å². The molecule has 0 aromatic carbocycles. The molecule has 108 valence electrons. The van der Waals surface area contributed by atoms with Crippen LogP contribution in [0, 0.1) is 11.3 Å². The van der Waals surface area contributed by atoms with E-state index in [2.05, 4.69) is 40.1 Å². The Kier molecular flexibility index (Phi) is 5.67. The highest BCUT2D eigenvalue weighted by Crippen LogP contribution is 2.41. The van der Waals surface area contributed by atoms with Crippen molar-refractivity contribution in [2.75, 3.05) is 7.05 Å². The molecule has 1 aliphatic carbocycles. The Balaban J connectivity index is 2.55. The summed E-state index contributed by atoms with van der Waals surface area (Å²) in [7, 11) is 2.10. The van der Waals surface area contributed by atoms with Crippen molar-refractivity contribution in [3.05, 3.63) is 0 Å². The van der Waals surface area contributed by atoms with Gasteiger partial charge >= 0.3 is 0 Å². The number of rotatable bonds is 4. The van der Waals surface area contributed by atoms with Gasteiger partial charge in [-0.25, -0.2) is 0 Å². The van der Waals surface area contributed by atoms with Crippen LogP contribution >= 0.6 is 0 Å². The lowest BCUT2D eigenvalue weighted by Crippen LogP contribution is -2.40. The SMILES string of the molecule is CNC1CCCC(C(C)(C)CC(C)(C)N)CCC1. The molecule has 1 fully saturated rings. The summed E-state index contributed by atoms with van der Waals surface area (Å²) in [6.07, 6.45) is 9.29. The normalized spacial score (nSPS) is 27.7. The van der Waals surface area contributed by atoms with Gasteiger partial charge in [-0.2, -0.15) is 0 Å². The van der Waals surface area contributed by atoms with Crippen molar-refractivity contribution >= 4 is 0 Å². The molecule has 0 radical (unpaired) electrons. The van der Waals surface area contributed by atoms with E-state index < -0.39 is 0 Å². The monoisotopic (exact) mass is 254 g/mol. The van der Waals surface area contributed by atoms with Gasteiger partial charge in [0.05, 0.1) is 0 Å². The molecule has 0 aromatic heterocycles. The molecule has 0 saturated heterocycles. The largest absolute Gasteiger partial charge is 0.326 e. The molecule has 0 heterocycles. The third-order valence-electron chi connectivity index (χ3n) is 4.63. The molecule has 1 saturated carbocycles. The van der Waals surface area contributed by atoms with Crippen LogP contribution in [0.2, 0.25) is 0 Å². The standard InChI is InChI=1S/C16H34N2/c1-15(2,12-16(3,4)17)13-8-6-10-14(18-5)11-7-9-13/h13-14,18H,6-12,17H2,1-5H3. The van der Waals surface area contributed by atoms with Crippen LogP contribution in [0.4, 0.5) is 0 Å². The Morgan fingerprint density at radius 2 is 1.50 bits per heavy atom.